The highest BCUT2D eigenvalue weighted by Gasteiger charge is 2.35. The Labute approximate surface area is 159 Å². The number of hydrogen-bond donors (Lipinski definition) is 1. The predicted molar refractivity (Wildman–Crippen MR) is 108 cm³/mol. The molecule has 4 nitrogen and oxygen atoms in total. The maximum atomic E-state index is 13.1. The van der Waals surface area contributed by atoms with Gasteiger partial charge in [-0.1, -0.05) is 36.4 Å². The number of nitrogens with zero attached hydrogens (tertiary/aromatic N) is 2. The molecule has 1 aliphatic rings. The zero-order valence-corrected chi connectivity index (χ0v) is 15.6. The fourth-order valence-electron chi connectivity index (χ4n) is 3.78. The zero-order chi connectivity index (χ0) is 18.8. The van der Waals surface area contributed by atoms with Gasteiger partial charge in [-0.3, -0.25) is 14.7 Å². The van der Waals surface area contributed by atoms with Gasteiger partial charge in [-0.25, -0.2) is 0 Å². The maximum Gasteiger partial charge on any atom is 0.233 e. The van der Waals surface area contributed by atoms with Crippen molar-refractivity contribution in [1.29, 1.82) is 0 Å². The summed E-state index contributed by atoms with van der Waals surface area (Å²) in [6.07, 6.45) is 3.56. The van der Waals surface area contributed by atoms with Crippen molar-refractivity contribution in [2.75, 3.05) is 12.4 Å². The van der Waals surface area contributed by atoms with Crippen LogP contribution in [0, 0.1) is 0 Å². The average Bonchev–Trinajstić information content (AvgIpc) is 2.70. The topological polar surface area (TPSA) is 45.2 Å². The monoisotopic (exact) mass is 357 g/mol. The number of carbonyl (C=O) groups is 1. The number of rotatable bonds is 3. The van der Waals surface area contributed by atoms with Crippen LogP contribution >= 0.6 is 0 Å². The quantitative estimate of drug-likeness (QED) is 0.760. The van der Waals surface area contributed by atoms with E-state index < -0.39 is 0 Å². The van der Waals surface area contributed by atoms with Gasteiger partial charge in [-0.05, 0) is 60.5 Å². The number of aromatic nitrogens is 1. The number of amides is 1. The van der Waals surface area contributed by atoms with E-state index in [4.69, 9.17) is 0 Å². The highest BCUT2D eigenvalue weighted by molar-refractivity contribution is 5.97. The highest BCUT2D eigenvalue weighted by atomic mass is 16.1. The number of anilines is 1. The summed E-state index contributed by atoms with van der Waals surface area (Å²) in [6, 6.07) is 20.3. The first kappa shape index (κ1) is 17.4. The van der Waals surface area contributed by atoms with Crippen molar-refractivity contribution < 1.29 is 4.79 Å². The van der Waals surface area contributed by atoms with Crippen molar-refractivity contribution in [3.8, 4) is 11.1 Å². The number of nitrogens with one attached hydrogen (secondary N) is 1. The van der Waals surface area contributed by atoms with Gasteiger partial charge in [-0.15, -0.1) is 0 Å². The molecule has 1 aliphatic heterocycles. The molecule has 0 bridgehead atoms. The minimum Gasteiger partial charge on any atom is -0.326 e. The lowest BCUT2D eigenvalue weighted by Gasteiger charge is -2.37. The van der Waals surface area contributed by atoms with E-state index in [0.717, 1.165) is 28.9 Å². The van der Waals surface area contributed by atoms with Gasteiger partial charge < -0.3 is 5.32 Å². The minimum atomic E-state index is -0.181. The Morgan fingerprint density at radius 2 is 1.67 bits per heavy atom. The van der Waals surface area contributed by atoms with Crippen LogP contribution in [0.5, 0.6) is 0 Å². The fourth-order valence-corrected chi connectivity index (χ4v) is 3.78. The summed E-state index contributed by atoms with van der Waals surface area (Å²) in [6.45, 7) is 2.99. The molecule has 2 atom stereocenters. The van der Waals surface area contributed by atoms with Gasteiger partial charge >= 0.3 is 0 Å². The van der Waals surface area contributed by atoms with Crippen LogP contribution in [-0.4, -0.2) is 28.9 Å². The highest BCUT2D eigenvalue weighted by Crippen LogP contribution is 2.33. The molecule has 1 N–H and O–H groups in total. The van der Waals surface area contributed by atoms with E-state index >= 15 is 0 Å². The number of likely N-dealkylation sites (N-methyl/N-ethyl adjacent to an activating group) is 1. The third-order valence-corrected chi connectivity index (χ3v) is 5.44. The molecular formula is C23H23N3O. The molecule has 4 rings (SSSR count). The van der Waals surface area contributed by atoms with Gasteiger partial charge in [0.2, 0.25) is 5.91 Å². The van der Waals surface area contributed by atoms with E-state index in [-0.39, 0.29) is 17.9 Å². The average molecular weight is 357 g/mol. The first-order valence-corrected chi connectivity index (χ1v) is 9.23. The molecule has 0 fully saturated rings. The van der Waals surface area contributed by atoms with E-state index in [2.05, 4.69) is 41.3 Å². The third kappa shape index (κ3) is 3.49. The van der Waals surface area contributed by atoms with Crippen LogP contribution in [0.15, 0.2) is 73.1 Å². The van der Waals surface area contributed by atoms with Gasteiger partial charge in [0.15, 0.2) is 0 Å². The van der Waals surface area contributed by atoms with Crippen molar-refractivity contribution in [3.63, 3.8) is 0 Å². The lowest BCUT2D eigenvalue weighted by molar-refractivity contribution is -0.119. The van der Waals surface area contributed by atoms with Crippen molar-refractivity contribution >= 4 is 11.6 Å². The summed E-state index contributed by atoms with van der Waals surface area (Å²) >= 11 is 0. The van der Waals surface area contributed by atoms with E-state index in [0.29, 0.717) is 0 Å². The molecule has 4 heteroatoms. The Morgan fingerprint density at radius 1 is 1.00 bits per heavy atom. The van der Waals surface area contributed by atoms with Crippen molar-refractivity contribution in [1.82, 2.24) is 9.88 Å². The molecule has 27 heavy (non-hydrogen) atoms. The van der Waals surface area contributed by atoms with E-state index in [1.807, 2.05) is 48.5 Å². The molecular weight excluding hydrogens is 334 g/mol. The molecule has 0 saturated carbocycles. The number of pyridine rings is 1. The lowest BCUT2D eigenvalue weighted by atomic mass is 9.83. The Hall–Kier alpha value is -2.98. The second-order valence-corrected chi connectivity index (χ2v) is 7.13. The first-order chi connectivity index (χ1) is 13.1. The Balaban J connectivity index is 1.55. The maximum absolute atomic E-state index is 13.1. The van der Waals surface area contributed by atoms with E-state index in [9.17, 15) is 4.79 Å². The van der Waals surface area contributed by atoms with Crippen LogP contribution < -0.4 is 5.32 Å². The van der Waals surface area contributed by atoms with Crippen LogP contribution in [0.2, 0.25) is 0 Å². The lowest BCUT2D eigenvalue weighted by Crippen LogP contribution is -2.43. The number of fused-ring (bicyclic) bond motifs is 1. The van der Waals surface area contributed by atoms with Crippen molar-refractivity contribution in [3.05, 3.63) is 84.2 Å². The molecule has 0 aliphatic carbocycles. The van der Waals surface area contributed by atoms with Gasteiger partial charge in [-0.2, -0.15) is 0 Å². The standard InChI is InChI=1S/C23H23N3O/c1-16-22(21-6-4-3-5-19(21)15-26(16)2)23(27)25-20-9-7-17(8-10-20)18-11-13-24-14-12-18/h3-14,16,22H,15H2,1-2H3,(H,25,27). The molecule has 2 aromatic carbocycles. The van der Waals surface area contributed by atoms with Gasteiger partial charge in [0.1, 0.15) is 0 Å². The molecule has 0 spiro atoms. The van der Waals surface area contributed by atoms with Gasteiger partial charge in [0.05, 0.1) is 5.92 Å². The van der Waals surface area contributed by atoms with Crippen molar-refractivity contribution in [2.45, 2.75) is 25.4 Å². The largest absolute Gasteiger partial charge is 0.326 e. The summed E-state index contributed by atoms with van der Waals surface area (Å²) in [4.78, 5) is 19.4. The second kappa shape index (κ2) is 7.33. The predicted octanol–water partition coefficient (Wildman–Crippen LogP) is 4.30. The normalized spacial score (nSPS) is 19.3. The van der Waals surface area contributed by atoms with Gasteiger partial charge in [0, 0.05) is 30.7 Å². The first-order valence-electron chi connectivity index (χ1n) is 9.23. The molecule has 2 heterocycles. The summed E-state index contributed by atoms with van der Waals surface area (Å²) in [7, 11) is 2.07. The van der Waals surface area contributed by atoms with E-state index in [1.54, 1.807) is 12.4 Å². The van der Waals surface area contributed by atoms with Crippen LogP contribution in [0.25, 0.3) is 11.1 Å². The summed E-state index contributed by atoms with van der Waals surface area (Å²) < 4.78 is 0. The van der Waals surface area contributed by atoms with Gasteiger partial charge in [0.25, 0.3) is 0 Å². The SMILES string of the molecule is CC1C(C(=O)Nc2ccc(-c3ccncc3)cc2)c2ccccc2CN1C. The number of benzene rings is 2. The Kier molecular flexibility index (Phi) is 4.73. The number of carbonyl (C=O) groups excluding carboxylic acids is 1. The van der Waals surface area contributed by atoms with Crippen LogP contribution in [0.4, 0.5) is 5.69 Å². The minimum absolute atomic E-state index is 0.0400. The Bertz CT molecular complexity index is 937. The summed E-state index contributed by atoms with van der Waals surface area (Å²) in [5, 5.41) is 3.10. The molecule has 1 amide bonds. The molecule has 0 saturated heterocycles. The van der Waals surface area contributed by atoms with Crippen molar-refractivity contribution in [2.24, 2.45) is 0 Å². The molecule has 136 valence electrons. The summed E-state index contributed by atoms with van der Waals surface area (Å²) in [5.41, 5.74) is 5.39. The van der Waals surface area contributed by atoms with Crippen LogP contribution in [0.3, 0.4) is 0 Å². The Morgan fingerprint density at radius 3 is 2.41 bits per heavy atom. The van der Waals surface area contributed by atoms with Crippen LogP contribution in [0.1, 0.15) is 24.0 Å². The third-order valence-electron chi connectivity index (χ3n) is 5.44. The number of hydrogen-bond acceptors (Lipinski definition) is 3. The molecule has 2 unspecified atom stereocenters. The molecule has 1 aromatic heterocycles. The second-order valence-electron chi connectivity index (χ2n) is 7.13. The summed E-state index contributed by atoms with van der Waals surface area (Å²) in [5.74, 6) is -0.141. The smallest absolute Gasteiger partial charge is 0.233 e. The molecule has 0 radical (unpaired) electrons. The van der Waals surface area contributed by atoms with E-state index in [1.165, 1.54) is 5.56 Å². The van der Waals surface area contributed by atoms with Crippen LogP contribution in [-0.2, 0) is 11.3 Å². The zero-order valence-electron chi connectivity index (χ0n) is 15.6. The molecule has 3 aromatic rings. The fraction of sp³-hybridized carbons (Fsp3) is 0.217.